The molecular weight excluding hydrogens is 336 g/mol. The van der Waals surface area contributed by atoms with Crippen LogP contribution >= 0.6 is 0 Å². The van der Waals surface area contributed by atoms with Gasteiger partial charge in [0.2, 0.25) is 0 Å². The van der Waals surface area contributed by atoms with E-state index in [1.807, 2.05) is 19.3 Å². The first-order valence-corrected chi connectivity index (χ1v) is 9.49. The van der Waals surface area contributed by atoms with Gasteiger partial charge in [-0.05, 0) is 57.3 Å². The fraction of sp³-hybridized carbons (Fsp3) is 0.476. The standard InChI is InChI=1S/C20H26N6.CH4/c1-3-15-9-19(26-13(2)25-15)18-12-24-20-17(18)8-16(11-23-20)22-10-14-4-6-21-7-5-14;/h8-9,11-12,14,21-22H,3-7,10H2,1-2H3,(H,23,24);1H4. The van der Waals surface area contributed by atoms with Crippen LogP contribution in [-0.2, 0) is 6.42 Å². The zero-order valence-electron chi connectivity index (χ0n) is 15.5. The van der Waals surface area contributed by atoms with Crippen LogP contribution in [0.3, 0.4) is 0 Å². The lowest BCUT2D eigenvalue weighted by Crippen LogP contribution is -2.31. The number of piperidine rings is 1. The summed E-state index contributed by atoms with van der Waals surface area (Å²) in [6.07, 6.45) is 7.28. The maximum Gasteiger partial charge on any atom is 0.138 e. The molecule has 27 heavy (non-hydrogen) atoms. The summed E-state index contributed by atoms with van der Waals surface area (Å²) >= 11 is 0. The summed E-state index contributed by atoms with van der Waals surface area (Å²) in [5.74, 6) is 1.54. The smallest absolute Gasteiger partial charge is 0.138 e. The van der Waals surface area contributed by atoms with Crippen molar-refractivity contribution in [2.24, 2.45) is 5.92 Å². The van der Waals surface area contributed by atoms with Gasteiger partial charge in [0.15, 0.2) is 0 Å². The highest BCUT2D eigenvalue weighted by molar-refractivity contribution is 5.94. The van der Waals surface area contributed by atoms with Gasteiger partial charge < -0.3 is 15.6 Å². The van der Waals surface area contributed by atoms with Crippen LogP contribution in [0.15, 0.2) is 24.5 Å². The maximum atomic E-state index is 4.64. The van der Waals surface area contributed by atoms with Gasteiger partial charge in [0.25, 0.3) is 0 Å². The number of fused-ring (bicyclic) bond motifs is 1. The van der Waals surface area contributed by atoms with Gasteiger partial charge in [0, 0.05) is 29.4 Å². The highest BCUT2D eigenvalue weighted by Gasteiger charge is 2.14. The molecule has 3 aromatic heterocycles. The van der Waals surface area contributed by atoms with E-state index in [1.54, 1.807) is 0 Å². The first-order chi connectivity index (χ1) is 12.7. The van der Waals surface area contributed by atoms with Crippen molar-refractivity contribution < 1.29 is 0 Å². The molecule has 0 amide bonds. The maximum absolute atomic E-state index is 4.64. The van der Waals surface area contributed by atoms with Crippen molar-refractivity contribution in [1.82, 2.24) is 25.3 Å². The Morgan fingerprint density at radius 1 is 1.19 bits per heavy atom. The Hall–Kier alpha value is -2.47. The molecule has 0 saturated carbocycles. The van der Waals surface area contributed by atoms with E-state index in [0.29, 0.717) is 0 Å². The molecule has 1 fully saturated rings. The quantitative estimate of drug-likeness (QED) is 0.637. The molecule has 144 valence electrons. The Kier molecular flexibility index (Phi) is 6.06. The predicted molar refractivity (Wildman–Crippen MR) is 112 cm³/mol. The highest BCUT2D eigenvalue weighted by Crippen LogP contribution is 2.29. The van der Waals surface area contributed by atoms with Crippen LogP contribution in [0.5, 0.6) is 0 Å². The minimum atomic E-state index is 0. The molecule has 0 bridgehead atoms. The van der Waals surface area contributed by atoms with Crippen molar-refractivity contribution in [2.75, 3.05) is 25.0 Å². The van der Waals surface area contributed by atoms with Crippen LogP contribution in [0, 0.1) is 12.8 Å². The van der Waals surface area contributed by atoms with E-state index in [9.17, 15) is 0 Å². The second-order valence-corrected chi connectivity index (χ2v) is 7.04. The lowest BCUT2D eigenvalue weighted by molar-refractivity contribution is 0.390. The van der Waals surface area contributed by atoms with Crippen LogP contribution in [0.1, 0.15) is 38.7 Å². The third kappa shape index (κ3) is 4.27. The molecule has 0 spiro atoms. The molecule has 0 unspecified atom stereocenters. The molecule has 0 aromatic carbocycles. The second-order valence-electron chi connectivity index (χ2n) is 7.04. The van der Waals surface area contributed by atoms with Gasteiger partial charge in [-0.2, -0.15) is 0 Å². The number of aryl methyl sites for hydroxylation is 2. The minimum Gasteiger partial charge on any atom is -0.384 e. The van der Waals surface area contributed by atoms with Crippen LogP contribution in [0.25, 0.3) is 22.3 Å². The van der Waals surface area contributed by atoms with Gasteiger partial charge in [-0.3, -0.25) is 0 Å². The number of pyridine rings is 1. The molecule has 1 aliphatic rings. The van der Waals surface area contributed by atoms with E-state index in [4.69, 9.17) is 0 Å². The number of hydrogen-bond donors (Lipinski definition) is 3. The van der Waals surface area contributed by atoms with Gasteiger partial charge in [-0.15, -0.1) is 0 Å². The van der Waals surface area contributed by atoms with E-state index in [1.165, 1.54) is 12.8 Å². The number of H-pyrrole nitrogens is 1. The molecule has 3 aromatic rings. The molecule has 6 nitrogen and oxygen atoms in total. The predicted octanol–water partition coefficient (Wildman–Crippen LogP) is 3.94. The number of anilines is 1. The van der Waals surface area contributed by atoms with Crippen molar-refractivity contribution in [3.05, 3.63) is 36.0 Å². The average molecular weight is 367 g/mol. The fourth-order valence-electron chi connectivity index (χ4n) is 3.61. The van der Waals surface area contributed by atoms with E-state index < -0.39 is 0 Å². The fourth-order valence-corrected chi connectivity index (χ4v) is 3.61. The monoisotopic (exact) mass is 366 g/mol. The number of nitrogens with zero attached hydrogens (tertiary/aromatic N) is 3. The molecule has 0 aliphatic carbocycles. The molecule has 4 heterocycles. The Labute approximate surface area is 161 Å². The van der Waals surface area contributed by atoms with Crippen molar-refractivity contribution in [3.63, 3.8) is 0 Å². The summed E-state index contributed by atoms with van der Waals surface area (Å²) in [6.45, 7) is 7.31. The van der Waals surface area contributed by atoms with Gasteiger partial charge in [-0.25, -0.2) is 15.0 Å². The summed E-state index contributed by atoms with van der Waals surface area (Å²) in [5.41, 5.74) is 5.06. The van der Waals surface area contributed by atoms with Gasteiger partial charge in [0.1, 0.15) is 11.5 Å². The van der Waals surface area contributed by atoms with Crippen molar-refractivity contribution in [2.45, 2.75) is 40.5 Å². The summed E-state index contributed by atoms with van der Waals surface area (Å²) < 4.78 is 0. The number of nitrogens with one attached hydrogen (secondary N) is 3. The van der Waals surface area contributed by atoms with E-state index >= 15 is 0 Å². The topological polar surface area (TPSA) is 78.5 Å². The molecule has 3 N–H and O–H groups in total. The molecule has 4 rings (SSSR count). The molecule has 1 aliphatic heterocycles. The van der Waals surface area contributed by atoms with Crippen LogP contribution in [0.4, 0.5) is 5.69 Å². The van der Waals surface area contributed by atoms with E-state index in [-0.39, 0.29) is 7.43 Å². The molecule has 0 radical (unpaired) electrons. The van der Waals surface area contributed by atoms with E-state index in [0.717, 1.165) is 71.5 Å². The minimum absolute atomic E-state index is 0. The molecular formula is C21H30N6. The normalized spacial score (nSPS) is 14.9. The Balaban J connectivity index is 0.00000210. The summed E-state index contributed by atoms with van der Waals surface area (Å²) in [7, 11) is 0. The third-order valence-corrected chi connectivity index (χ3v) is 5.11. The average Bonchev–Trinajstić information content (AvgIpc) is 3.10. The Morgan fingerprint density at radius 2 is 2.00 bits per heavy atom. The number of rotatable bonds is 5. The largest absolute Gasteiger partial charge is 0.384 e. The van der Waals surface area contributed by atoms with E-state index in [2.05, 4.69) is 49.6 Å². The Bertz CT molecular complexity index is 895. The second kappa shape index (κ2) is 8.48. The van der Waals surface area contributed by atoms with Crippen molar-refractivity contribution >= 4 is 16.7 Å². The molecule has 1 saturated heterocycles. The zero-order chi connectivity index (χ0) is 17.9. The third-order valence-electron chi connectivity index (χ3n) is 5.11. The Morgan fingerprint density at radius 3 is 2.78 bits per heavy atom. The van der Waals surface area contributed by atoms with Crippen LogP contribution in [0.2, 0.25) is 0 Å². The van der Waals surface area contributed by atoms with Crippen LogP contribution < -0.4 is 10.6 Å². The summed E-state index contributed by atoms with van der Waals surface area (Å²) in [6, 6.07) is 4.25. The summed E-state index contributed by atoms with van der Waals surface area (Å²) in [5, 5.41) is 8.09. The molecule has 0 atom stereocenters. The highest BCUT2D eigenvalue weighted by atomic mass is 14.9. The SMILES string of the molecule is C.CCc1cc(-c2c[nH]c3ncc(NCC4CCNCC4)cc23)nc(C)n1. The van der Waals surface area contributed by atoms with Crippen molar-refractivity contribution in [3.8, 4) is 11.3 Å². The lowest BCUT2D eigenvalue weighted by atomic mass is 9.98. The van der Waals surface area contributed by atoms with Gasteiger partial charge in [-0.1, -0.05) is 14.4 Å². The lowest BCUT2D eigenvalue weighted by Gasteiger charge is -2.23. The van der Waals surface area contributed by atoms with Crippen LogP contribution in [-0.4, -0.2) is 39.6 Å². The van der Waals surface area contributed by atoms with Gasteiger partial charge in [0.05, 0.1) is 17.6 Å². The number of aromatic nitrogens is 4. The summed E-state index contributed by atoms with van der Waals surface area (Å²) in [4.78, 5) is 17.0. The first-order valence-electron chi connectivity index (χ1n) is 9.49. The number of aromatic amines is 1. The van der Waals surface area contributed by atoms with Gasteiger partial charge >= 0.3 is 0 Å². The zero-order valence-corrected chi connectivity index (χ0v) is 15.5. The van der Waals surface area contributed by atoms with Crippen molar-refractivity contribution in [1.29, 1.82) is 0 Å². The first kappa shape index (κ1) is 19.3. The molecule has 6 heteroatoms. The number of hydrogen-bond acceptors (Lipinski definition) is 5.